The molecular weight excluding hydrogens is 215 g/mol. The molecule has 0 spiro atoms. The summed E-state index contributed by atoms with van der Waals surface area (Å²) in [6.45, 7) is 1.81. The van der Waals surface area contributed by atoms with Gasteiger partial charge in [0.2, 0.25) is 0 Å². The Balaban J connectivity index is 2.45. The topological polar surface area (TPSA) is 25.8 Å². The van der Waals surface area contributed by atoms with Gasteiger partial charge in [-0.25, -0.2) is 14.4 Å². The van der Waals surface area contributed by atoms with Gasteiger partial charge in [-0.2, -0.15) is 0 Å². The van der Waals surface area contributed by atoms with Gasteiger partial charge in [0, 0.05) is 18.0 Å². The average molecular weight is 223 g/mol. The van der Waals surface area contributed by atoms with Gasteiger partial charge in [0.15, 0.2) is 0 Å². The number of aryl methyl sites for hydroxylation is 1. The van der Waals surface area contributed by atoms with Crippen LogP contribution in [0.4, 0.5) is 4.39 Å². The molecule has 4 heteroatoms. The van der Waals surface area contributed by atoms with Crippen LogP contribution >= 0.6 is 11.6 Å². The highest BCUT2D eigenvalue weighted by Crippen LogP contribution is 2.23. The second-order valence-electron chi connectivity index (χ2n) is 3.15. The lowest BCUT2D eigenvalue weighted by atomic mass is 10.1. The van der Waals surface area contributed by atoms with Crippen molar-refractivity contribution in [1.82, 2.24) is 9.97 Å². The van der Waals surface area contributed by atoms with E-state index in [0.29, 0.717) is 5.82 Å². The molecule has 2 rings (SSSR count). The Hall–Kier alpha value is -1.48. The maximum atomic E-state index is 12.9. The van der Waals surface area contributed by atoms with Crippen LogP contribution in [0.25, 0.3) is 11.1 Å². The molecule has 0 bridgehead atoms. The number of hydrogen-bond acceptors (Lipinski definition) is 2. The molecular formula is C11H8ClFN2. The number of rotatable bonds is 1. The smallest absolute Gasteiger partial charge is 0.141 e. The lowest BCUT2D eigenvalue weighted by Gasteiger charge is -2.02. The van der Waals surface area contributed by atoms with E-state index in [9.17, 15) is 4.39 Å². The van der Waals surface area contributed by atoms with Crippen LogP contribution in [0.1, 0.15) is 5.82 Å². The van der Waals surface area contributed by atoms with Crippen molar-refractivity contribution in [2.45, 2.75) is 6.92 Å². The summed E-state index contributed by atoms with van der Waals surface area (Å²) in [4.78, 5) is 8.12. The highest BCUT2D eigenvalue weighted by molar-refractivity contribution is 6.31. The Morgan fingerprint density at radius 2 is 1.80 bits per heavy atom. The zero-order valence-corrected chi connectivity index (χ0v) is 8.79. The zero-order valence-electron chi connectivity index (χ0n) is 8.04. The third-order valence-corrected chi connectivity index (χ3v) is 2.32. The molecule has 0 aliphatic rings. The molecule has 0 amide bonds. The third-order valence-electron chi connectivity index (χ3n) is 2.03. The van der Waals surface area contributed by atoms with Crippen LogP contribution in [-0.4, -0.2) is 9.97 Å². The molecule has 0 N–H and O–H groups in total. The Labute approximate surface area is 91.8 Å². The maximum absolute atomic E-state index is 12.9. The number of halogens is 2. The minimum absolute atomic E-state index is 0.105. The second-order valence-corrected chi connectivity index (χ2v) is 3.56. The summed E-state index contributed by atoms with van der Waals surface area (Å²) in [5.74, 6) is 0.278. The van der Waals surface area contributed by atoms with Gasteiger partial charge in [0.1, 0.15) is 11.6 Å². The van der Waals surface area contributed by atoms with Crippen molar-refractivity contribution < 1.29 is 4.39 Å². The van der Waals surface area contributed by atoms with Crippen molar-refractivity contribution in [3.05, 3.63) is 47.3 Å². The van der Waals surface area contributed by atoms with E-state index in [1.807, 2.05) is 0 Å². The minimum atomic E-state index is -0.423. The fourth-order valence-electron chi connectivity index (χ4n) is 1.22. The molecule has 0 fully saturated rings. The summed E-state index contributed by atoms with van der Waals surface area (Å²) < 4.78 is 12.9. The molecule has 1 aromatic carbocycles. The van der Waals surface area contributed by atoms with Crippen LogP contribution in [0.15, 0.2) is 30.6 Å². The largest absolute Gasteiger partial charge is 0.241 e. The number of nitrogens with zero attached hydrogens (tertiary/aromatic N) is 2. The van der Waals surface area contributed by atoms with Crippen LogP contribution in [0.3, 0.4) is 0 Å². The molecule has 0 saturated carbocycles. The van der Waals surface area contributed by atoms with Crippen molar-refractivity contribution in [1.29, 1.82) is 0 Å². The van der Waals surface area contributed by atoms with E-state index in [2.05, 4.69) is 9.97 Å². The molecule has 0 aliphatic heterocycles. The molecule has 15 heavy (non-hydrogen) atoms. The normalized spacial score (nSPS) is 10.3. The van der Waals surface area contributed by atoms with Crippen LogP contribution in [0, 0.1) is 12.7 Å². The quantitative estimate of drug-likeness (QED) is 0.740. The van der Waals surface area contributed by atoms with Crippen molar-refractivity contribution >= 4 is 11.6 Å². The van der Waals surface area contributed by atoms with Gasteiger partial charge in [-0.1, -0.05) is 17.7 Å². The monoisotopic (exact) mass is 222 g/mol. The van der Waals surface area contributed by atoms with Gasteiger partial charge >= 0.3 is 0 Å². The molecule has 0 saturated heterocycles. The van der Waals surface area contributed by atoms with Gasteiger partial charge in [-0.05, 0) is 24.6 Å². The summed E-state index contributed by atoms with van der Waals surface area (Å²) in [5.41, 5.74) is 1.63. The summed E-state index contributed by atoms with van der Waals surface area (Å²) >= 11 is 5.68. The number of hydrogen-bond donors (Lipinski definition) is 0. The predicted molar refractivity (Wildman–Crippen MR) is 57.2 cm³/mol. The Morgan fingerprint density at radius 1 is 1.13 bits per heavy atom. The summed E-state index contributed by atoms with van der Waals surface area (Å²) in [7, 11) is 0. The first kappa shape index (κ1) is 10.1. The molecule has 76 valence electrons. The SMILES string of the molecule is Cc1ncc(-c2ccc(F)c(Cl)c2)cn1. The number of aromatic nitrogens is 2. The molecule has 1 heterocycles. The lowest BCUT2D eigenvalue weighted by molar-refractivity contribution is 0.628. The highest BCUT2D eigenvalue weighted by Gasteiger charge is 2.03. The van der Waals surface area contributed by atoms with Crippen LogP contribution in [0.5, 0.6) is 0 Å². The van der Waals surface area contributed by atoms with Gasteiger partial charge < -0.3 is 0 Å². The molecule has 0 atom stereocenters. The van der Waals surface area contributed by atoms with Crippen molar-refractivity contribution in [2.24, 2.45) is 0 Å². The van der Waals surface area contributed by atoms with E-state index in [1.165, 1.54) is 6.07 Å². The Morgan fingerprint density at radius 3 is 2.40 bits per heavy atom. The molecule has 2 aromatic rings. The summed E-state index contributed by atoms with van der Waals surface area (Å²) in [6, 6.07) is 4.54. The summed E-state index contributed by atoms with van der Waals surface area (Å²) in [6.07, 6.45) is 3.37. The fraction of sp³-hybridized carbons (Fsp3) is 0.0909. The molecule has 2 nitrogen and oxygen atoms in total. The fourth-order valence-corrected chi connectivity index (χ4v) is 1.40. The lowest BCUT2D eigenvalue weighted by Crippen LogP contribution is -1.88. The van der Waals surface area contributed by atoms with Crippen LogP contribution in [0.2, 0.25) is 5.02 Å². The van der Waals surface area contributed by atoms with E-state index >= 15 is 0 Å². The maximum Gasteiger partial charge on any atom is 0.141 e. The number of benzene rings is 1. The van der Waals surface area contributed by atoms with E-state index in [-0.39, 0.29) is 5.02 Å². The van der Waals surface area contributed by atoms with Crippen LogP contribution in [-0.2, 0) is 0 Å². The zero-order chi connectivity index (χ0) is 10.8. The van der Waals surface area contributed by atoms with Gasteiger partial charge in [-0.3, -0.25) is 0 Å². The Bertz CT molecular complexity index is 482. The average Bonchev–Trinajstić information content (AvgIpc) is 2.23. The van der Waals surface area contributed by atoms with Crippen molar-refractivity contribution in [2.75, 3.05) is 0 Å². The molecule has 1 aromatic heterocycles. The second kappa shape index (κ2) is 3.95. The minimum Gasteiger partial charge on any atom is -0.241 e. The highest BCUT2D eigenvalue weighted by atomic mass is 35.5. The standard InChI is InChI=1S/C11H8ClFN2/c1-7-14-5-9(6-15-7)8-2-3-11(13)10(12)4-8/h2-6H,1H3. The van der Waals surface area contributed by atoms with Gasteiger partial charge in [-0.15, -0.1) is 0 Å². The third kappa shape index (κ3) is 2.13. The van der Waals surface area contributed by atoms with Gasteiger partial charge in [0.25, 0.3) is 0 Å². The van der Waals surface area contributed by atoms with E-state index in [4.69, 9.17) is 11.6 Å². The Kier molecular flexibility index (Phi) is 2.64. The first-order chi connectivity index (χ1) is 7.16. The van der Waals surface area contributed by atoms with Crippen molar-refractivity contribution in [3.63, 3.8) is 0 Å². The first-order valence-corrected chi connectivity index (χ1v) is 4.78. The van der Waals surface area contributed by atoms with E-state index < -0.39 is 5.82 Å². The molecule has 0 aliphatic carbocycles. The molecule has 0 radical (unpaired) electrons. The summed E-state index contributed by atoms with van der Waals surface area (Å²) in [5, 5.41) is 0.105. The van der Waals surface area contributed by atoms with E-state index in [0.717, 1.165) is 11.1 Å². The predicted octanol–water partition coefficient (Wildman–Crippen LogP) is 3.24. The van der Waals surface area contributed by atoms with Gasteiger partial charge in [0.05, 0.1) is 5.02 Å². The van der Waals surface area contributed by atoms with Crippen molar-refractivity contribution in [3.8, 4) is 11.1 Å². The van der Waals surface area contributed by atoms with Crippen LogP contribution < -0.4 is 0 Å². The molecule has 0 unspecified atom stereocenters. The van der Waals surface area contributed by atoms with E-state index in [1.54, 1.807) is 31.5 Å². The first-order valence-electron chi connectivity index (χ1n) is 4.41.